The molecule has 2 rings (SSSR count). The highest BCUT2D eigenvalue weighted by molar-refractivity contribution is 5.87. The first-order chi connectivity index (χ1) is 9.04. The van der Waals surface area contributed by atoms with Crippen molar-refractivity contribution in [3.8, 4) is 17.0 Å². The van der Waals surface area contributed by atoms with Crippen LogP contribution in [-0.2, 0) is 0 Å². The molecular formula is C14H16N2O3. The number of carboxylic acid groups (broad SMARTS) is 1. The molecular weight excluding hydrogens is 244 g/mol. The Morgan fingerprint density at radius 3 is 2.63 bits per heavy atom. The van der Waals surface area contributed by atoms with E-state index in [2.05, 4.69) is 5.10 Å². The Balaban J connectivity index is 2.63. The fourth-order valence-electron chi connectivity index (χ4n) is 1.95. The van der Waals surface area contributed by atoms with Crippen LogP contribution in [0.15, 0.2) is 30.3 Å². The predicted octanol–water partition coefficient (Wildman–Crippen LogP) is 2.84. The van der Waals surface area contributed by atoms with Crippen molar-refractivity contribution in [2.75, 3.05) is 7.11 Å². The van der Waals surface area contributed by atoms with E-state index in [1.54, 1.807) is 17.9 Å². The van der Waals surface area contributed by atoms with Crippen LogP contribution in [0.1, 0.15) is 30.4 Å². The van der Waals surface area contributed by atoms with Gasteiger partial charge < -0.3 is 9.84 Å². The summed E-state index contributed by atoms with van der Waals surface area (Å²) in [6, 6.07) is 9.12. The maximum Gasteiger partial charge on any atom is 0.356 e. The number of carboxylic acids is 1. The number of hydrogen-bond acceptors (Lipinski definition) is 3. The number of hydrogen-bond donors (Lipinski definition) is 1. The van der Waals surface area contributed by atoms with Crippen LogP contribution in [0.5, 0.6) is 5.75 Å². The molecule has 19 heavy (non-hydrogen) atoms. The molecule has 0 aliphatic rings. The van der Waals surface area contributed by atoms with E-state index in [1.807, 2.05) is 38.1 Å². The summed E-state index contributed by atoms with van der Waals surface area (Å²) in [7, 11) is 1.59. The van der Waals surface area contributed by atoms with E-state index in [9.17, 15) is 4.79 Å². The van der Waals surface area contributed by atoms with Crippen LogP contribution in [-0.4, -0.2) is 28.0 Å². The number of benzene rings is 1. The Kier molecular flexibility index (Phi) is 3.55. The first kappa shape index (κ1) is 13.1. The summed E-state index contributed by atoms with van der Waals surface area (Å²) in [6.07, 6.45) is 0. The Morgan fingerprint density at radius 1 is 1.37 bits per heavy atom. The molecule has 2 aromatic rings. The van der Waals surface area contributed by atoms with Crippen LogP contribution >= 0.6 is 0 Å². The highest BCUT2D eigenvalue weighted by atomic mass is 16.5. The van der Waals surface area contributed by atoms with Crippen molar-refractivity contribution in [1.29, 1.82) is 0 Å². The van der Waals surface area contributed by atoms with E-state index in [0.29, 0.717) is 5.75 Å². The van der Waals surface area contributed by atoms with Crippen molar-refractivity contribution in [2.24, 2.45) is 0 Å². The number of rotatable bonds is 4. The van der Waals surface area contributed by atoms with E-state index >= 15 is 0 Å². The van der Waals surface area contributed by atoms with Gasteiger partial charge in [-0.2, -0.15) is 5.10 Å². The second-order valence-corrected chi connectivity index (χ2v) is 4.46. The number of aromatic carboxylic acids is 1. The molecule has 0 spiro atoms. The lowest BCUT2D eigenvalue weighted by atomic mass is 10.1. The number of para-hydroxylation sites is 1. The zero-order chi connectivity index (χ0) is 14.0. The van der Waals surface area contributed by atoms with E-state index in [1.165, 1.54) is 0 Å². The summed E-state index contributed by atoms with van der Waals surface area (Å²) in [5.41, 5.74) is 1.61. The number of methoxy groups -OCH3 is 1. The van der Waals surface area contributed by atoms with Crippen LogP contribution in [0.3, 0.4) is 0 Å². The van der Waals surface area contributed by atoms with Crippen molar-refractivity contribution in [3.63, 3.8) is 0 Å². The van der Waals surface area contributed by atoms with E-state index in [0.717, 1.165) is 11.3 Å². The average Bonchev–Trinajstić information content (AvgIpc) is 2.83. The molecule has 1 aromatic heterocycles. The van der Waals surface area contributed by atoms with Gasteiger partial charge in [0.15, 0.2) is 5.69 Å². The summed E-state index contributed by atoms with van der Waals surface area (Å²) < 4.78 is 7.01. The minimum atomic E-state index is -1.03. The minimum absolute atomic E-state index is 0.0367. The molecule has 0 amide bonds. The largest absolute Gasteiger partial charge is 0.496 e. The molecule has 0 fully saturated rings. The Hall–Kier alpha value is -2.30. The smallest absolute Gasteiger partial charge is 0.356 e. The summed E-state index contributed by atoms with van der Waals surface area (Å²) >= 11 is 0. The second kappa shape index (κ2) is 5.14. The molecule has 1 N–H and O–H groups in total. The summed E-state index contributed by atoms with van der Waals surface area (Å²) in [5.74, 6) is -0.336. The molecule has 0 saturated carbocycles. The third-order valence-electron chi connectivity index (χ3n) is 2.83. The monoisotopic (exact) mass is 260 g/mol. The van der Waals surface area contributed by atoms with Crippen molar-refractivity contribution in [1.82, 2.24) is 9.78 Å². The third kappa shape index (κ3) is 2.45. The highest BCUT2D eigenvalue weighted by Gasteiger charge is 2.18. The maximum absolute atomic E-state index is 11.1. The molecule has 0 aliphatic heterocycles. The van der Waals surface area contributed by atoms with Gasteiger partial charge in [0.25, 0.3) is 0 Å². The fourth-order valence-corrected chi connectivity index (χ4v) is 1.95. The fraction of sp³-hybridized carbons (Fsp3) is 0.286. The van der Waals surface area contributed by atoms with Gasteiger partial charge in [-0.25, -0.2) is 4.79 Å². The van der Waals surface area contributed by atoms with Gasteiger partial charge >= 0.3 is 5.97 Å². The quantitative estimate of drug-likeness (QED) is 0.918. The van der Waals surface area contributed by atoms with Crippen molar-refractivity contribution in [3.05, 3.63) is 36.0 Å². The Morgan fingerprint density at radius 2 is 2.05 bits per heavy atom. The molecule has 5 heteroatoms. The van der Waals surface area contributed by atoms with Gasteiger partial charge in [-0.15, -0.1) is 0 Å². The summed E-state index contributed by atoms with van der Waals surface area (Å²) in [4.78, 5) is 11.1. The molecule has 0 aliphatic carbocycles. The number of nitrogens with zero attached hydrogens (tertiary/aromatic N) is 2. The molecule has 0 atom stereocenters. The lowest BCUT2D eigenvalue weighted by Crippen LogP contribution is -2.07. The van der Waals surface area contributed by atoms with Crippen LogP contribution in [0, 0.1) is 0 Å². The molecule has 0 saturated heterocycles. The zero-order valence-corrected chi connectivity index (χ0v) is 11.1. The molecule has 0 unspecified atom stereocenters. The van der Waals surface area contributed by atoms with E-state index in [4.69, 9.17) is 9.84 Å². The molecule has 1 aromatic carbocycles. The number of ether oxygens (including phenoxy) is 1. The zero-order valence-electron chi connectivity index (χ0n) is 11.1. The molecule has 0 radical (unpaired) electrons. The number of aromatic nitrogens is 2. The molecule has 1 heterocycles. The van der Waals surface area contributed by atoms with Crippen LogP contribution in [0.4, 0.5) is 0 Å². The number of carbonyl (C=O) groups is 1. The van der Waals surface area contributed by atoms with Crippen LogP contribution in [0.25, 0.3) is 11.3 Å². The molecule has 100 valence electrons. The molecule has 0 bridgehead atoms. The second-order valence-electron chi connectivity index (χ2n) is 4.46. The summed E-state index contributed by atoms with van der Waals surface area (Å²) in [5, 5.41) is 13.2. The standard InChI is InChI=1S/C14H16N2O3/c1-9(2)16-12(8-11(15-16)14(17)18)10-6-4-5-7-13(10)19-3/h4-9H,1-3H3,(H,17,18). The van der Waals surface area contributed by atoms with Crippen molar-refractivity contribution >= 4 is 5.97 Å². The lowest BCUT2D eigenvalue weighted by Gasteiger charge is -2.13. The van der Waals surface area contributed by atoms with Crippen molar-refractivity contribution in [2.45, 2.75) is 19.9 Å². The lowest BCUT2D eigenvalue weighted by molar-refractivity contribution is 0.0689. The predicted molar refractivity (Wildman–Crippen MR) is 71.6 cm³/mol. The Labute approximate surface area is 111 Å². The van der Waals surface area contributed by atoms with Crippen molar-refractivity contribution < 1.29 is 14.6 Å². The Bertz CT molecular complexity index is 602. The van der Waals surface area contributed by atoms with Gasteiger partial charge in [-0.1, -0.05) is 12.1 Å². The van der Waals surface area contributed by atoms with Crippen LogP contribution in [0.2, 0.25) is 0 Å². The first-order valence-corrected chi connectivity index (χ1v) is 6.00. The minimum Gasteiger partial charge on any atom is -0.496 e. The third-order valence-corrected chi connectivity index (χ3v) is 2.83. The normalized spacial score (nSPS) is 10.7. The van der Waals surface area contributed by atoms with Gasteiger partial charge in [-0.3, -0.25) is 4.68 Å². The molecule has 5 nitrogen and oxygen atoms in total. The van der Waals surface area contributed by atoms with Gasteiger partial charge in [0.2, 0.25) is 0 Å². The topological polar surface area (TPSA) is 64.3 Å². The SMILES string of the molecule is COc1ccccc1-c1cc(C(=O)O)nn1C(C)C. The van der Waals surface area contributed by atoms with Gasteiger partial charge in [0, 0.05) is 11.6 Å². The average molecular weight is 260 g/mol. The van der Waals surface area contributed by atoms with E-state index in [-0.39, 0.29) is 11.7 Å². The summed E-state index contributed by atoms with van der Waals surface area (Å²) in [6.45, 7) is 3.91. The maximum atomic E-state index is 11.1. The van der Waals surface area contributed by atoms with Crippen LogP contribution < -0.4 is 4.74 Å². The first-order valence-electron chi connectivity index (χ1n) is 6.00. The van der Waals surface area contributed by atoms with Gasteiger partial charge in [0.05, 0.1) is 12.8 Å². The van der Waals surface area contributed by atoms with E-state index < -0.39 is 5.97 Å². The van der Waals surface area contributed by atoms with Gasteiger partial charge in [-0.05, 0) is 32.0 Å². The highest BCUT2D eigenvalue weighted by Crippen LogP contribution is 2.31. The van der Waals surface area contributed by atoms with Gasteiger partial charge in [0.1, 0.15) is 5.75 Å².